The zero-order chi connectivity index (χ0) is 16.8. The minimum absolute atomic E-state index is 0.118. The van der Waals surface area contributed by atoms with Crippen LogP contribution in [0.3, 0.4) is 0 Å². The lowest BCUT2D eigenvalue weighted by Crippen LogP contribution is -2.25. The molecule has 2 atom stereocenters. The van der Waals surface area contributed by atoms with E-state index in [1.54, 1.807) is 0 Å². The summed E-state index contributed by atoms with van der Waals surface area (Å²) < 4.78 is 0. The van der Waals surface area contributed by atoms with Crippen LogP contribution in [-0.2, 0) is 9.59 Å². The van der Waals surface area contributed by atoms with Crippen molar-refractivity contribution in [2.24, 2.45) is 11.8 Å². The first-order valence-electron chi connectivity index (χ1n) is 7.70. The lowest BCUT2D eigenvalue weighted by atomic mass is 10.0. The molecule has 3 rings (SSSR count). The van der Waals surface area contributed by atoms with Crippen molar-refractivity contribution in [2.75, 3.05) is 10.6 Å². The van der Waals surface area contributed by atoms with Crippen molar-refractivity contribution in [3.8, 4) is 0 Å². The van der Waals surface area contributed by atoms with Crippen LogP contribution in [0.1, 0.15) is 12.8 Å². The second-order valence-electron chi connectivity index (χ2n) is 5.42. The van der Waals surface area contributed by atoms with Gasteiger partial charge in [-0.15, -0.1) is 0 Å². The van der Waals surface area contributed by atoms with Gasteiger partial charge in [-0.25, -0.2) is 9.97 Å². The van der Waals surface area contributed by atoms with Crippen molar-refractivity contribution < 1.29 is 9.59 Å². The second-order valence-corrected chi connectivity index (χ2v) is 5.42. The minimum atomic E-state index is -0.246. The topological polar surface area (TPSA) is 96.9 Å². The molecule has 122 valence electrons. The molecule has 1 heterocycles. The van der Waals surface area contributed by atoms with Gasteiger partial charge in [-0.2, -0.15) is 4.98 Å². The van der Waals surface area contributed by atoms with Gasteiger partial charge in [0, 0.05) is 0 Å². The van der Waals surface area contributed by atoms with Gasteiger partial charge in [0.05, 0.1) is 11.8 Å². The first kappa shape index (κ1) is 15.8. The summed E-state index contributed by atoms with van der Waals surface area (Å²) in [5, 5.41) is 5.28. The van der Waals surface area contributed by atoms with E-state index in [-0.39, 0.29) is 35.5 Å². The van der Waals surface area contributed by atoms with Gasteiger partial charge in [0.2, 0.25) is 23.7 Å². The predicted octanol–water partition coefficient (Wildman–Crippen LogP) is 2.01. The van der Waals surface area contributed by atoms with Crippen LogP contribution in [0.5, 0.6) is 0 Å². The van der Waals surface area contributed by atoms with Gasteiger partial charge in [-0.1, -0.05) is 48.6 Å². The zero-order valence-corrected chi connectivity index (χ0v) is 12.9. The second kappa shape index (κ2) is 7.45. The molecule has 0 bridgehead atoms. The predicted molar refractivity (Wildman–Crippen MR) is 89.9 cm³/mol. The molecule has 2 N–H and O–H groups in total. The highest BCUT2D eigenvalue weighted by molar-refractivity contribution is 5.94. The average molecular weight is 323 g/mol. The van der Waals surface area contributed by atoms with Gasteiger partial charge in [0.1, 0.15) is 6.33 Å². The van der Waals surface area contributed by atoms with E-state index < -0.39 is 0 Å². The SMILES string of the molecule is O=C(Nc1ncnc(NC(=O)C2C=CC=CC2)n1)C1C=CC=CC1. The van der Waals surface area contributed by atoms with Gasteiger partial charge >= 0.3 is 0 Å². The Morgan fingerprint density at radius 1 is 0.833 bits per heavy atom. The fraction of sp³-hybridized carbons (Fsp3) is 0.235. The largest absolute Gasteiger partial charge is 0.294 e. The maximum Gasteiger partial charge on any atom is 0.234 e. The molecule has 0 aliphatic heterocycles. The third-order valence-electron chi connectivity index (χ3n) is 3.68. The molecular formula is C17H17N5O2. The van der Waals surface area contributed by atoms with Crippen LogP contribution in [0.2, 0.25) is 0 Å². The number of carbonyl (C=O) groups excluding carboxylic acids is 2. The number of rotatable bonds is 4. The van der Waals surface area contributed by atoms with Gasteiger partial charge in [-0.3, -0.25) is 20.2 Å². The first-order chi connectivity index (χ1) is 11.7. The monoisotopic (exact) mass is 323 g/mol. The number of nitrogens with one attached hydrogen (secondary N) is 2. The maximum atomic E-state index is 12.1. The number of carbonyl (C=O) groups is 2. The van der Waals surface area contributed by atoms with Crippen LogP contribution in [0.25, 0.3) is 0 Å². The van der Waals surface area contributed by atoms with Crippen molar-refractivity contribution in [3.63, 3.8) is 0 Å². The highest BCUT2D eigenvalue weighted by atomic mass is 16.2. The van der Waals surface area contributed by atoms with E-state index >= 15 is 0 Å². The molecule has 0 radical (unpaired) electrons. The lowest BCUT2D eigenvalue weighted by Gasteiger charge is -2.14. The summed E-state index contributed by atoms with van der Waals surface area (Å²) in [5.74, 6) is -0.647. The molecule has 0 aromatic carbocycles. The molecule has 7 heteroatoms. The van der Waals surface area contributed by atoms with E-state index in [1.165, 1.54) is 6.33 Å². The standard InChI is InChI=1S/C17H17N5O2/c23-14(12-7-3-1-4-8-12)20-16-18-11-19-17(22-16)21-15(24)13-9-5-2-6-10-13/h1-7,9,11-13H,8,10H2,(H2,18,19,20,21,22,23,24). The fourth-order valence-electron chi connectivity index (χ4n) is 2.37. The molecule has 24 heavy (non-hydrogen) atoms. The molecule has 0 fully saturated rings. The number of amides is 2. The Balaban J connectivity index is 1.61. The summed E-state index contributed by atoms with van der Waals surface area (Å²) in [6.45, 7) is 0. The number of hydrogen-bond acceptors (Lipinski definition) is 5. The van der Waals surface area contributed by atoms with Gasteiger partial charge in [0.15, 0.2) is 0 Å². The molecule has 2 aliphatic rings. The molecule has 1 aromatic heterocycles. The van der Waals surface area contributed by atoms with Crippen molar-refractivity contribution in [1.82, 2.24) is 15.0 Å². The molecule has 0 saturated heterocycles. The van der Waals surface area contributed by atoms with Gasteiger partial charge in [0.25, 0.3) is 0 Å². The average Bonchev–Trinajstić information content (AvgIpc) is 2.63. The van der Waals surface area contributed by atoms with Gasteiger partial charge < -0.3 is 0 Å². The Morgan fingerprint density at radius 2 is 1.33 bits per heavy atom. The smallest absolute Gasteiger partial charge is 0.234 e. The third kappa shape index (κ3) is 4.01. The first-order valence-corrected chi connectivity index (χ1v) is 7.70. The van der Waals surface area contributed by atoms with E-state index in [1.807, 2.05) is 48.6 Å². The Morgan fingerprint density at radius 3 is 1.75 bits per heavy atom. The molecule has 0 saturated carbocycles. The Kier molecular flexibility index (Phi) is 4.90. The van der Waals surface area contributed by atoms with Crippen molar-refractivity contribution >= 4 is 23.7 Å². The van der Waals surface area contributed by atoms with Crippen LogP contribution in [0.15, 0.2) is 54.9 Å². The van der Waals surface area contributed by atoms with E-state index in [2.05, 4.69) is 25.6 Å². The van der Waals surface area contributed by atoms with Crippen LogP contribution in [0.4, 0.5) is 11.9 Å². The Bertz CT molecular complexity index is 692. The minimum Gasteiger partial charge on any atom is -0.294 e. The molecule has 7 nitrogen and oxygen atoms in total. The summed E-state index contributed by atoms with van der Waals surface area (Å²) in [6, 6.07) is 0. The maximum absolute atomic E-state index is 12.1. The number of hydrogen-bond donors (Lipinski definition) is 2. The quantitative estimate of drug-likeness (QED) is 0.883. The van der Waals surface area contributed by atoms with E-state index in [9.17, 15) is 9.59 Å². The third-order valence-corrected chi connectivity index (χ3v) is 3.68. The van der Waals surface area contributed by atoms with Crippen LogP contribution in [-0.4, -0.2) is 26.8 Å². The highest BCUT2D eigenvalue weighted by Gasteiger charge is 2.19. The Hall–Kier alpha value is -3.09. The van der Waals surface area contributed by atoms with Gasteiger partial charge in [-0.05, 0) is 12.8 Å². The van der Waals surface area contributed by atoms with Crippen molar-refractivity contribution in [3.05, 3.63) is 54.9 Å². The van der Waals surface area contributed by atoms with E-state index in [0.29, 0.717) is 12.8 Å². The summed E-state index contributed by atoms with van der Waals surface area (Å²) >= 11 is 0. The summed E-state index contributed by atoms with van der Waals surface area (Å²) in [6.07, 6.45) is 17.5. The van der Waals surface area contributed by atoms with Crippen molar-refractivity contribution in [1.29, 1.82) is 0 Å². The number of allylic oxidation sites excluding steroid dienone is 6. The Labute approximate surface area is 139 Å². The van der Waals surface area contributed by atoms with Crippen molar-refractivity contribution in [2.45, 2.75) is 12.8 Å². The van der Waals surface area contributed by atoms with E-state index in [4.69, 9.17) is 0 Å². The molecule has 0 spiro atoms. The normalized spacial score (nSPS) is 21.5. The molecule has 2 amide bonds. The van der Waals surface area contributed by atoms with Crippen LogP contribution < -0.4 is 10.6 Å². The molecular weight excluding hydrogens is 306 g/mol. The fourth-order valence-corrected chi connectivity index (χ4v) is 2.37. The van der Waals surface area contributed by atoms with Crippen LogP contribution in [0, 0.1) is 11.8 Å². The number of aromatic nitrogens is 3. The molecule has 1 aromatic rings. The van der Waals surface area contributed by atoms with E-state index in [0.717, 1.165) is 0 Å². The zero-order valence-electron chi connectivity index (χ0n) is 12.9. The van der Waals surface area contributed by atoms with Crippen LogP contribution >= 0.6 is 0 Å². The highest BCUT2D eigenvalue weighted by Crippen LogP contribution is 2.15. The summed E-state index contributed by atoms with van der Waals surface area (Å²) in [5.41, 5.74) is 0. The summed E-state index contributed by atoms with van der Waals surface area (Å²) in [7, 11) is 0. The molecule has 2 aliphatic carbocycles. The molecule has 2 unspecified atom stereocenters. The number of nitrogens with zero attached hydrogens (tertiary/aromatic N) is 3. The summed E-state index contributed by atoms with van der Waals surface area (Å²) in [4.78, 5) is 36.2. The lowest BCUT2D eigenvalue weighted by molar-refractivity contribution is -0.119. The number of anilines is 2.